The maximum atomic E-state index is 12.3. The average molecular weight is 474 g/mol. The molecule has 4 rings (SSSR count). The molecule has 0 atom stereocenters. The summed E-state index contributed by atoms with van der Waals surface area (Å²) in [4.78, 5) is 40.1. The van der Waals surface area contributed by atoms with Gasteiger partial charge in [0.05, 0.1) is 11.3 Å². The van der Waals surface area contributed by atoms with Crippen LogP contribution in [0.5, 0.6) is 5.75 Å². The molecule has 1 aliphatic heterocycles. The molecule has 180 valence electrons. The number of ketones is 1. The molecule has 3 aromatic carbocycles. The highest BCUT2D eigenvalue weighted by molar-refractivity contribution is 6.01. The third-order valence-corrected chi connectivity index (χ3v) is 5.90. The Morgan fingerprint density at radius 1 is 0.857 bits per heavy atom. The standard InChI is InChI=1S/C27H27N3O5/c1-19(31)20-7-9-21(10-8-20)29-13-15-30(16-14-29)22-11-12-25(24(17-22)27(33)34)28-26(32)18-35-23-5-3-2-4-6-23/h2-12,17H,13-16,18H2,1H3,(H,28,32)(H,33,34). The zero-order valence-corrected chi connectivity index (χ0v) is 19.4. The summed E-state index contributed by atoms with van der Waals surface area (Å²) < 4.78 is 5.43. The number of para-hydroxylation sites is 1. The van der Waals surface area contributed by atoms with Gasteiger partial charge >= 0.3 is 5.97 Å². The summed E-state index contributed by atoms with van der Waals surface area (Å²) in [5.41, 5.74) is 2.78. The van der Waals surface area contributed by atoms with Crippen molar-refractivity contribution in [2.24, 2.45) is 0 Å². The second-order valence-corrected chi connectivity index (χ2v) is 8.26. The lowest BCUT2D eigenvalue weighted by Crippen LogP contribution is -2.46. The van der Waals surface area contributed by atoms with Gasteiger partial charge in [-0.1, -0.05) is 18.2 Å². The van der Waals surface area contributed by atoms with Crippen LogP contribution in [-0.4, -0.2) is 55.6 Å². The van der Waals surface area contributed by atoms with Crippen molar-refractivity contribution < 1.29 is 24.2 Å². The molecule has 0 unspecified atom stereocenters. The third kappa shape index (κ3) is 5.97. The number of nitrogens with zero attached hydrogens (tertiary/aromatic N) is 2. The summed E-state index contributed by atoms with van der Waals surface area (Å²) in [6, 6.07) is 21.5. The lowest BCUT2D eigenvalue weighted by atomic mass is 10.1. The van der Waals surface area contributed by atoms with Crippen LogP contribution >= 0.6 is 0 Å². The Labute approximate surface area is 203 Å². The molecule has 0 aromatic heterocycles. The number of amides is 1. The van der Waals surface area contributed by atoms with E-state index in [1.807, 2.05) is 36.4 Å². The number of nitrogens with one attached hydrogen (secondary N) is 1. The Hall–Kier alpha value is -4.33. The van der Waals surface area contributed by atoms with E-state index in [0.717, 1.165) is 24.5 Å². The SMILES string of the molecule is CC(=O)c1ccc(N2CCN(c3ccc(NC(=O)COc4ccccc4)c(C(=O)O)c3)CC2)cc1. The smallest absolute Gasteiger partial charge is 0.337 e. The molecule has 0 radical (unpaired) electrons. The molecule has 1 fully saturated rings. The molecule has 0 bridgehead atoms. The molecule has 1 heterocycles. The van der Waals surface area contributed by atoms with E-state index in [-0.39, 0.29) is 23.6 Å². The average Bonchev–Trinajstić information content (AvgIpc) is 2.88. The Morgan fingerprint density at radius 3 is 2.06 bits per heavy atom. The lowest BCUT2D eigenvalue weighted by Gasteiger charge is -2.37. The molecule has 1 amide bonds. The number of piperazine rings is 1. The van der Waals surface area contributed by atoms with Gasteiger partial charge < -0.3 is 25.0 Å². The van der Waals surface area contributed by atoms with Crippen molar-refractivity contribution in [3.8, 4) is 5.75 Å². The quantitative estimate of drug-likeness (QED) is 0.478. The highest BCUT2D eigenvalue weighted by Gasteiger charge is 2.21. The van der Waals surface area contributed by atoms with Crippen LogP contribution < -0.4 is 19.9 Å². The second kappa shape index (κ2) is 10.7. The van der Waals surface area contributed by atoms with Crippen LogP contribution in [0.3, 0.4) is 0 Å². The largest absolute Gasteiger partial charge is 0.484 e. The summed E-state index contributed by atoms with van der Waals surface area (Å²) in [6.07, 6.45) is 0. The molecular formula is C27H27N3O5. The summed E-state index contributed by atoms with van der Waals surface area (Å²) in [7, 11) is 0. The first-order chi connectivity index (χ1) is 16.9. The summed E-state index contributed by atoms with van der Waals surface area (Å²) in [6.45, 7) is 4.27. The third-order valence-electron chi connectivity index (χ3n) is 5.90. The molecule has 35 heavy (non-hydrogen) atoms. The zero-order valence-electron chi connectivity index (χ0n) is 19.4. The van der Waals surface area contributed by atoms with Crippen molar-refractivity contribution in [1.82, 2.24) is 0 Å². The lowest BCUT2D eigenvalue weighted by molar-refractivity contribution is -0.118. The number of carbonyl (C=O) groups excluding carboxylic acids is 2. The van der Waals surface area contributed by atoms with E-state index in [9.17, 15) is 19.5 Å². The number of benzene rings is 3. The normalized spacial score (nSPS) is 13.3. The molecule has 0 spiro atoms. The van der Waals surface area contributed by atoms with Crippen molar-refractivity contribution in [1.29, 1.82) is 0 Å². The van der Waals surface area contributed by atoms with E-state index < -0.39 is 11.9 Å². The number of carboxylic acid groups (broad SMARTS) is 1. The Bertz CT molecular complexity index is 1200. The number of ether oxygens (including phenoxy) is 1. The number of Topliss-reactive ketones (excluding diaryl/α,β-unsaturated/α-hetero) is 1. The van der Waals surface area contributed by atoms with E-state index in [2.05, 4.69) is 15.1 Å². The summed E-state index contributed by atoms with van der Waals surface area (Å²) in [5, 5.41) is 12.4. The zero-order chi connectivity index (χ0) is 24.8. The fourth-order valence-corrected chi connectivity index (χ4v) is 4.00. The highest BCUT2D eigenvalue weighted by atomic mass is 16.5. The minimum atomic E-state index is -1.12. The van der Waals surface area contributed by atoms with Crippen molar-refractivity contribution >= 4 is 34.7 Å². The molecule has 1 saturated heterocycles. The first-order valence-electron chi connectivity index (χ1n) is 11.4. The number of rotatable bonds is 8. The van der Waals surface area contributed by atoms with Gasteiger partial charge in [-0.05, 0) is 61.5 Å². The van der Waals surface area contributed by atoms with Crippen LogP contribution in [0.4, 0.5) is 17.1 Å². The van der Waals surface area contributed by atoms with Crippen molar-refractivity contribution in [2.75, 3.05) is 47.9 Å². The van der Waals surface area contributed by atoms with E-state index in [1.165, 1.54) is 0 Å². The van der Waals surface area contributed by atoms with Crippen LogP contribution in [0.25, 0.3) is 0 Å². The fraction of sp³-hybridized carbons (Fsp3) is 0.222. The maximum Gasteiger partial charge on any atom is 0.337 e. The van der Waals surface area contributed by atoms with Gasteiger partial charge in [-0.3, -0.25) is 9.59 Å². The van der Waals surface area contributed by atoms with Crippen LogP contribution in [0.2, 0.25) is 0 Å². The number of anilines is 3. The Morgan fingerprint density at radius 2 is 1.46 bits per heavy atom. The van der Waals surface area contributed by atoms with Crippen LogP contribution in [0.15, 0.2) is 72.8 Å². The van der Waals surface area contributed by atoms with E-state index >= 15 is 0 Å². The van der Waals surface area contributed by atoms with Gasteiger partial charge in [-0.2, -0.15) is 0 Å². The van der Waals surface area contributed by atoms with Crippen molar-refractivity contribution in [3.63, 3.8) is 0 Å². The predicted molar refractivity (Wildman–Crippen MR) is 135 cm³/mol. The van der Waals surface area contributed by atoms with Gasteiger partial charge in [-0.25, -0.2) is 4.79 Å². The molecule has 1 aliphatic rings. The number of hydrogen-bond donors (Lipinski definition) is 2. The molecule has 8 heteroatoms. The summed E-state index contributed by atoms with van der Waals surface area (Å²) in [5.74, 6) is -0.951. The van der Waals surface area contributed by atoms with Crippen LogP contribution in [0, 0.1) is 0 Å². The number of hydrogen-bond acceptors (Lipinski definition) is 6. The first-order valence-corrected chi connectivity index (χ1v) is 11.4. The molecule has 2 N–H and O–H groups in total. The minimum absolute atomic E-state index is 0.0258. The van der Waals surface area contributed by atoms with Gasteiger partial charge in [-0.15, -0.1) is 0 Å². The molecular weight excluding hydrogens is 446 g/mol. The van der Waals surface area contributed by atoms with Gasteiger partial charge in [0.25, 0.3) is 5.91 Å². The predicted octanol–water partition coefficient (Wildman–Crippen LogP) is 3.93. The molecule has 0 saturated carbocycles. The monoisotopic (exact) mass is 473 g/mol. The minimum Gasteiger partial charge on any atom is -0.484 e. The van der Waals surface area contributed by atoms with E-state index in [4.69, 9.17) is 4.74 Å². The highest BCUT2D eigenvalue weighted by Crippen LogP contribution is 2.26. The van der Waals surface area contributed by atoms with Gasteiger partial charge in [0.15, 0.2) is 12.4 Å². The molecule has 8 nitrogen and oxygen atoms in total. The first kappa shape index (κ1) is 23.8. The van der Waals surface area contributed by atoms with Crippen LogP contribution in [-0.2, 0) is 4.79 Å². The number of aromatic carboxylic acids is 1. The van der Waals surface area contributed by atoms with E-state index in [0.29, 0.717) is 24.4 Å². The van der Waals surface area contributed by atoms with Gasteiger partial charge in [0.1, 0.15) is 5.75 Å². The van der Waals surface area contributed by atoms with Crippen molar-refractivity contribution in [2.45, 2.75) is 6.92 Å². The van der Waals surface area contributed by atoms with Gasteiger partial charge in [0, 0.05) is 43.1 Å². The van der Waals surface area contributed by atoms with Crippen LogP contribution in [0.1, 0.15) is 27.6 Å². The Kier molecular flexibility index (Phi) is 7.30. The summed E-state index contributed by atoms with van der Waals surface area (Å²) >= 11 is 0. The second-order valence-electron chi connectivity index (χ2n) is 8.26. The Balaban J connectivity index is 1.38. The number of carbonyl (C=O) groups is 3. The topological polar surface area (TPSA) is 99.2 Å². The van der Waals surface area contributed by atoms with E-state index in [1.54, 1.807) is 43.3 Å². The molecule has 3 aromatic rings. The fourth-order valence-electron chi connectivity index (χ4n) is 4.00. The maximum absolute atomic E-state index is 12.3. The molecule has 0 aliphatic carbocycles. The number of carboxylic acids is 1. The van der Waals surface area contributed by atoms with Crippen molar-refractivity contribution in [3.05, 3.63) is 83.9 Å². The van der Waals surface area contributed by atoms with Gasteiger partial charge in [0.2, 0.25) is 0 Å².